The van der Waals surface area contributed by atoms with Crippen LogP contribution < -0.4 is 0 Å². The third-order valence-electron chi connectivity index (χ3n) is 3.59. The average molecular weight is 460 g/mol. The van der Waals surface area contributed by atoms with Crippen molar-refractivity contribution in [3.8, 4) is 0 Å². The molecule has 0 spiro atoms. The molecule has 5 nitrogen and oxygen atoms in total. The molecule has 0 N–H and O–H groups in total. The fraction of sp³-hybridized carbons (Fsp3) is 0.875. The Labute approximate surface area is 156 Å². The first-order chi connectivity index (χ1) is 10.5. The van der Waals surface area contributed by atoms with Gasteiger partial charge >= 0.3 is 11.9 Å². The smallest absolute Gasteiger partial charge is 0.317 e. The number of hydrogen-bond donors (Lipinski definition) is 0. The number of ether oxygens (including phenoxy) is 3. The minimum atomic E-state index is -0.775. The Balaban J connectivity index is 5.11. The van der Waals surface area contributed by atoms with E-state index in [1.807, 2.05) is 41.5 Å². The molecule has 2 unspecified atom stereocenters. The van der Waals surface area contributed by atoms with E-state index in [0.29, 0.717) is 12.8 Å². The number of rotatable bonds is 10. The molecule has 0 heterocycles. The molecule has 2 atom stereocenters. The number of carbonyl (C=O) groups is 2. The zero-order valence-electron chi connectivity index (χ0n) is 14.8. The van der Waals surface area contributed by atoms with Gasteiger partial charge in [0, 0.05) is 0 Å². The van der Waals surface area contributed by atoms with E-state index < -0.39 is 11.2 Å². The molecule has 7 heteroatoms. The second-order valence-electron chi connectivity index (χ2n) is 6.35. The van der Waals surface area contributed by atoms with Gasteiger partial charge in [0.05, 0.1) is 12.2 Å². The predicted molar refractivity (Wildman–Crippen MR) is 97.2 cm³/mol. The summed E-state index contributed by atoms with van der Waals surface area (Å²) < 4.78 is 17.1. The first-order valence-corrected chi connectivity index (χ1v) is 9.99. The summed E-state index contributed by atoms with van der Waals surface area (Å²) in [7, 11) is 0. The van der Waals surface area contributed by atoms with Crippen molar-refractivity contribution < 1.29 is 23.8 Å². The van der Waals surface area contributed by atoms with Crippen LogP contribution in [0.25, 0.3) is 0 Å². The fourth-order valence-corrected chi connectivity index (χ4v) is 2.70. The second kappa shape index (κ2) is 9.99. The molecule has 0 fully saturated rings. The molecule has 0 bridgehead atoms. The summed E-state index contributed by atoms with van der Waals surface area (Å²) in [5.74, 6) is -0.676. The van der Waals surface area contributed by atoms with Crippen LogP contribution in [0.2, 0.25) is 0 Å². The van der Waals surface area contributed by atoms with Crippen LogP contribution in [0.15, 0.2) is 0 Å². The van der Waals surface area contributed by atoms with Gasteiger partial charge in [-0.2, -0.15) is 0 Å². The highest BCUT2D eigenvalue weighted by Gasteiger charge is 2.40. The maximum atomic E-state index is 11.6. The molecule has 0 radical (unpaired) electrons. The molecule has 0 saturated carbocycles. The maximum absolute atomic E-state index is 11.6. The van der Waals surface area contributed by atoms with Crippen LogP contribution in [0.1, 0.15) is 54.4 Å². The maximum Gasteiger partial charge on any atom is 0.317 e. The van der Waals surface area contributed by atoms with Gasteiger partial charge in [-0.3, -0.25) is 9.59 Å². The highest BCUT2D eigenvalue weighted by atomic mass is 79.9. The van der Waals surface area contributed by atoms with Crippen molar-refractivity contribution in [2.75, 3.05) is 10.7 Å². The van der Waals surface area contributed by atoms with Gasteiger partial charge in [0.15, 0.2) is 0 Å². The molecule has 23 heavy (non-hydrogen) atoms. The van der Waals surface area contributed by atoms with Crippen molar-refractivity contribution >= 4 is 43.8 Å². The monoisotopic (exact) mass is 458 g/mol. The molecule has 0 aromatic carbocycles. The van der Waals surface area contributed by atoms with Crippen molar-refractivity contribution in [3.05, 3.63) is 0 Å². The predicted octanol–water partition coefficient (Wildman–Crippen LogP) is 3.99. The van der Waals surface area contributed by atoms with E-state index >= 15 is 0 Å². The normalized spacial score (nSPS) is 15.0. The summed E-state index contributed by atoms with van der Waals surface area (Å²) in [6.45, 7) is 11.2. The minimum absolute atomic E-state index is 0.137. The van der Waals surface area contributed by atoms with E-state index in [9.17, 15) is 9.59 Å². The zero-order valence-corrected chi connectivity index (χ0v) is 18.0. The minimum Gasteiger partial charge on any atom is -0.456 e. The summed E-state index contributed by atoms with van der Waals surface area (Å²) in [6, 6.07) is 0. The van der Waals surface area contributed by atoms with Gasteiger partial charge in [-0.1, -0.05) is 45.7 Å². The molecular weight excluding hydrogens is 432 g/mol. The molecule has 0 aliphatic rings. The highest BCUT2D eigenvalue weighted by molar-refractivity contribution is 9.09. The lowest BCUT2D eigenvalue weighted by atomic mass is 9.95. The van der Waals surface area contributed by atoms with Gasteiger partial charge in [0.25, 0.3) is 0 Å². The molecule has 0 amide bonds. The lowest BCUT2D eigenvalue weighted by molar-refractivity contribution is -0.202. The van der Waals surface area contributed by atoms with Crippen molar-refractivity contribution in [2.45, 2.75) is 77.8 Å². The Kier molecular flexibility index (Phi) is 9.93. The van der Waals surface area contributed by atoms with E-state index in [1.165, 1.54) is 0 Å². The van der Waals surface area contributed by atoms with Crippen molar-refractivity contribution in [1.82, 2.24) is 0 Å². The standard InChI is InChI=1S/C16H28Br2O5/c1-7-11(15(3,4)22-13(19)9-17)21-12(8-2)16(5,6)23-14(20)10-18/h11-12H,7-10H2,1-6H3. The first kappa shape index (κ1) is 22.9. The Bertz CT molecular complexity index is 360. The topological polar surface area (TPSA) is 61.8 Å². The van der Waals surface area contributed by atoms with Crippen LogP contribution in [-0.4, -0.2) is 46.0 Å². The molecule has 0 aromatic rings. The van der Waals surface area contributed by atoms with Crippen LogP contribution in [0, 0.1) is 0 Å². The SMILES string of the molecule is CCC(OC(CC)C(C)(C)OC(=O)CBr)C(C)(C)OC(=O)CBr. The average Bonchev–Trinajstić information content (AvgIpc) is 2.46. The molecule has 0 aliphatic carbocycles. The zero-order chi connectivity index (χ0) is 18.3. The van der Waals surface area contributed by atoms with Crippen LogP contribution in [0.4, 0.5) is 0 Å². The number of carbonyl (C=O) groups excluding carboxylic acids is 2. The Morgan fingerprint density at radius 2 is 1.13 bits per heavy atom. The van der Waals surface area contributed by atoms with Crippen LogP contribution in [0.5, 0.6) is 0 Å². The summed E-state index contributed by atoms with van der Waals surface area (Å²) in [5.41, 5.74) is -1.55. The summed E-state index contributed by atoms with van der Waals surface area (Å²) in [6.07, 6.45) is 0.720. The number of hydrogen-bond acceptors (Lipinski definition) is 5. The summed E-state index contributed by atoms with van der Waals surface area (Å²) in [4.78, 5) is 23.2. The van der Waals surface area contributed by atoms with E-state index in [-0.39, 0.29) is 34.8 Å². The van der Waals surface area contributed by atoms with Gasteiger partial charge < -0.3 is 14.2 Å². The fourth-order valence-electron chi connectivity index (χ4n) is 2.47. The quantitative estimate of drug-likeness (QED) is 0.365. The van der Waals surface area contributed by atoms with Crippen LogP contribution in [-0.2, 0) is 23.8 Å². The van der Waals surface area contributed by atoms with Crippen LogP contribution >= 0.6 is 31.9 Å². The lowest BCUT2D eigenvalue weighted by Crippen LogP contribution is -2.50. The lowest BCUT2D eigenvalue weighted by Gasteiger charge is -2.40. The van der Waals surface area contributed by atoms with Gasteiger partial charge in [0.2, 0.25) is 0 Å². The Hall–Kier alpha value is -0.140. The molecule has 0 aromatic heterocycles. The second-order valence-corrected chi connectivity index (χ2v) is 7.47. The summed E-state index contributed by atoms with van der Waals surface area (Å²) >= 11 is 6.19. The van der Waals surface area contributed by atoms with E-state index in [2.05, 4.69) is 31.9 Å². The molecule has 0 rings (SSSR count). The van der Waals surface area contributed by atoms with E-state index in [4.69, 9.17) is 14.2 Å². The van der Waals surface area contributed by atoms with E-state index in [0.717, 1.165) is 0 Å². The highest BCUT2D eigenvalue weighted by Crippen LogP contribution is 2.29. The largest absolute Gasteiger partial charge is 0.456 e. The third kappa shape index (κ3) is 7.52. The van der Waals surface area contributed by atoms with Gasteiger partial charge in [-0.05, 0) is 40.5 Å². The van der Waals surface area contributed by atoms with Crippen LogP contribution in [0.3, 0.4) is 0 Å². The Morgan fingerprint density at radius 3 is 1.35 bits per heavy atom. The molecule has 0 aliphatic heterocycles. The summed E-state index contributed by atoms with van der Waals surface area (Å²) in [5, 5.41) is 0.275. The van der Waals surface area contributed by atoms with E-state index in [1.54, 1.807) is 0 Å². The number of alkyl halides is 2. The van der Waals surface area contributed by atoms with Crippen molar-refractivity contribution in [1.29, 1.82) is 0 Å². The third-order valence-corrected chi connectivity index (χ3v) is 4.51. The number of halogens is 2. The molecule has 0 saturated heterocycles. The van der Waals surface area contributed by atoms with Gasteiger partial charge in [-0.25, -0.2) is 0 Å². The molecule has 136 valence electrons. The Morgan fingerprint density at radius 1 is 0.826 bits per heavy atom. The van der Waals surface area contributed by atoms with Gasteiger partial charge in [-0.15, -0.1) is 0 Å². The first-order valence-electron chi connectivity index (χ1n) is 7.75. The number of esters is 2. The van der Waals surface area contributed by atoms with Crippen molar-refractivity contribution in [2.24, 2.45) is 0 Å². The van der Waals surface area contributed by atoms with Gasteiger partial charge in [0.1, 0.15) is 21.9 Å². The molecular formula is C16H28Br2O5. The van der Waals surface area contributed by atoms with Crippen molar-refractivity contribution in [3.63, 3.8) is 0 Å².